The molecule has 2 heterocycles. The monoisotopic (exact) mass is 348 g/mol. The van der Waals surface area contributed by atoms with Crippen LogP contribution in [0.25, 0.3) is 0 Å². The maximum absolute atomic E-state index is 12.5. The fourth-order valence-electron chi connectivity index (χ4n) is 3.62. The Morgan fingerprint density at radius 3 is 2.68 bits per heavy atom. The summed E-state index contributed by atoms with van der Waals surface area (Å²) in [5, 5.41) is 9.70. The molecule has 2 fully saturated rings. The van der Waals surface area contributed by atoms with E-state index in [9.17, 15) is 9.90 Å². The van der Waals surface area contributed by atoms with E-state index in [1.807, 2.05) is 36.1 Å². The molecule has 2 aliphatic heterocycles. The number of aliphatic hydroxyl groups excluding tert-OH is 1. The molecule has 1 N–H and O–H groups in total. The second-order valence-corrected chi connectivity index (χ2v) is 6.97. The van der Waals surface area contributed by atoms with Crippen LogP contribution >= 0.6 is 0 Å². The van der Waals surface area contributed by atoms with Gasteiger partial charge in [0.25, 0.3) is 5.91 Å². The third kappa shape index (κ3) is 4.71. The number of morpholine rings is 1. The normalized spacial score (nSPS) is 24.5. The van der Waals surface area contributed by atoms with Gasteiger partial charge in [-0.3, -0.25) is 9.69 Å². The van der Waals surface area contributed by atoms with Crippen LogP contribution in [0.2, 0.25) is 0 Å². The SMILES string of the molecule is Cc1ccccc1OCC(=O)N1C[C@@H](CN2CCOCC2)[C@@H](CO)C1. The number of aliphatic hydroxyl groups is 1. The van der Waals surface area contributed by atoms with Crippen molar-refractivity contribution in [3.8, 4) is 5.75 Å². The van der Waals surface area contributed by atoms with E-state index in [-0.39, 0.29) is 25.0 Å². The van der Waals surface area contributed by atoms with E-state index in [1.54, 1.807) is 0 Å². The molecule has 3 rings (SSSR count). The minimum absolute atomic E-state index is 0.00817. The van der Waals surface area contributed by atoms with Crippen molar-refractivity contribution in [1.29, 1.82) is 0 Å². The molecule has 0 aromatic heterocycles. The Hall–Kier alpha value is -1.63. The lowest BCUT2D eigenvalue weighted by atomic mass is 9.96. The molecule has 6 heteroatoms. The van der Waals surface area contributed by atoms with Crippen LogP contribution in [-0.2, 0) is 9.53 Å². The molecule has 0 unspecified atom stereocenters. The smallest absolute Gasteiger partial charge is 0.260 e. The molecule has 0 bridgehead atoms. The Morgan fingerprint density at radius 1 is 1.24 bits per heavy atom. The minimum Gasteiger partial charge on any atom is -0.484 e. The lowest BCUT2D eigenvalue weighted by Crippen LogP contribution is -2.41. The van der Waals surface area contributed by atoms with Crippen molar-refractivity contribution in [3.05, 3.63) is 29.8 Å². The molecule has 1 aromatic rings. The first kappa shape index (κ1) is 18.2. The first-order valence-electron chi connectivity index (χ1n) is 9.04. The van der Waals surface area contributed by atoms with Crippen LogP contribution in [0.15, 0.2) is 24.3 Å². The molecule has 138 valence electrons. The zero-order valence-electron chi connectivity index (χ0n) is 14.9. The van der Waals surface area contributed by atoms with Gasteiger partial charge in [0.2, 0.25) is 0 Å². The first-order chi connectivity index (χ1) is 12.2. The van der Waals surface area contributed by atoms with E-state index in [0.717, 1.165) is 44.2 Å². The van der Waals surface area contributed by atoms with Gasteiger partial charge >= 0.3 is 0 Å². The Morgan fingerprint density at radius 2 is 1.96 bits per heavy atom. The number of amides is 1. The Labute approximate surface area is 149 Å². The van der Waals surface area contributed by atoms with Gasteiger partial charge in [0.1, 0.15) is 5.75 Å². The van der Waals surface area contributed by atoms with Gasteiger partial charge in [-0.05, 0) is 24.5 Å². The standard InChI is InChI=1S/C19H28N2O4/c1-15-4-2-3-5-18(15)25-14-19(23)21-11-16(17(12-21)13-22)10-20-6-8-24-9-7-20/h2-5,16-17,22H,6-14H2,1H3/t16-,17-/m1/s1. The summed E-state index contributed by atoms with van der Waals surface area (Å²) >= 11 is 0. The van der Waals surface area contributed by atoms with Crippen molar-refractivity contribution >= 4 is 5.91 Å². The van der Waals surface area contributed by atoms with Crippen molar-refractivity contribution in [1.82, 2.24) is 9.80 Å². The molecule has 0 saturated carbocycles. The average Bonchev–Trinajstić information content (AvgIpc) is 3.04. The maximum Gasteiger partial charge on any atom is 0.260 e. The van der Waals surface area contributed by atoms with Gasteiger partial charge in [-0.1, -0.05) is 18.2 Å². The van der Waals surface area contributed by atoms with Gasteiger partial charge in [-0.25, -0.2) is 0 Å². The Kier molecular flexibility index (Phi) is 6.29. The quantitative estimate of drug-likeness (QED) is 0.823. The predicted molar refractivity (Wildman–Crippen MR) is 94.6 cm³/mol. The summed E-state index contributed by atoms with van der Waals surface area (Å²) in [6.07, 6.45) is 0. The van der Waals surface area contributed by atoms with Gasteiger partial charge in [0, 0.05) is 45.2 Å². The number of carbonyl (C=O) groups is 1. The van der Waals surface area contributed by atoms with Crippen LogP contribution in [-0.4, -0.2) is 80.0 Å². The third-order valence-electron chi connectivity index (χ3n) is 5.20. The zero-order chi connectivity index (χ0) is 17.6. The number of likely N-dealkylation sites (tertiary alicyclic amines) is 1. The minimum atomic E-state index is -0.00817. The fourth-order valence-corrected chi connectivity index (χ4v) is 3.62. The van der Waals surface area contributed by atoms with Gasteiger partial charge in [0.05, 0.1) is 13.2 Å². The number of aryl methyl sites for hydroxylation is 1. The lowest BCUT2D eigenvalue weighted by Gasteiger charge is -2.30. The van der Waals surface area contributed by atoms with Crippen molar-refractivity contribution in [2.75, 3.05) is 59.2 Å². The molecule has 2 saturated heterocycles. The maximum atomic E-state index is 12.5. The second-order valence-electron chi connectivity index (χ2n) is 6.97. The van der Waals surface area contributed by atoms with E-state index in [4.69, 9.17) is 9.47 Å². The molecule has 25 heavy (non-hydrogen) atoms. The van der Waals surface area contributed by atoms with Gasteiger partial charge in [-0.15, -0.1) is 0 Å². The van der Waals surface area contributed by atoms with E-state index >= 15 is 0 Å². The number of hydrogen-bond acceptors (Lipinski definition) is 5. The summed E-state index contributed by atoms with van der Waals surface area (Å²) in [6.45, 7) is 7.75. The fraction of sp³-hybridized carbons (Fsp3) is 0.632. The Balaban J connectivity index is 1.52. The summed E-state index contributed by atoms with van der Waals surface area (Å²) in [5.41, 5.74) is 1.02. The second kappa shape index (κ2) is 8.65. The van der Waals surface area contributed by atoms with Crippen LogP contribution in [0, 0.1) is 18.8 Å². The van der Waals surface area contributed by atoms with E-state index in [2.05, 4.69) is 4.90 Å². The molecule has 6 nitrogen and oxygen atoms in total. The molecule has 1 aromatic carbocycles. The number of benzene rings is 1. The van der Waals surface area contributed by atoms with Crippen LogP contribution in [0.1, 0.15) is 5.56 Å². The number of hydrogen-bond donors (Lipinski definition) is 1. The predicted octanol–water partition coefficient (Wildman–Crippen LogP) is 0.773. The van der Waals surface area contributed by atoms with E-state index < -0.39 is 0 Å². The lowest BCUT2D eigenvalue weighted by molar-refractivity contribution is -0.132. The summed E-state index contributed by atoms with van der Waals surface area (Å²) < 4.78 is 11.1. The summed E-state index contributed by atoms with van der Waals surface area (Å²) in [7, 11) is 0. The molecule has 0 aliphatic carbocycles. The number of carbonyl (C=O) groups excluding carboxylic acids is 1. The van der Waals surface area contributed by atoms with Crippen molar-refractivity contribution in [2.24, 2.45) is 11.8 Å². The average molecular weight is 348 g/mol. The van der Waals surface area contributed by atoms with E-state index in [0.29, 0.717) is 19.0 Å². The van der Waals surface area contributed by atoms with Gasteiger partial charge in [-0.2, -0.15) is 0 Å². The summed E-state index contributed by atoms with van der Waals surface area (Å²) in [6, 6.07) is 7.70. The van der Waals surface area contributed by atoms with Crippen LogP contribution in [0.5, 0.6) is 5.75 Å². The van der Waals surface area contributed by atoms with Crippen molar-refractivity contribution in [2.45, 2.75) is 6.92 Å². The van der Waals surface area contributed by atoms with E-state index in [1.165, 1.54) is 0 Å². The molecular formula is C19H28N2O4. The summed E-state index contributed by atoms with van der Waals surface area (Å²) in [5.74, 6) is 1.19. The number of para-hydroxylation sites is 1. The van der Waals surface area contributed by atoms with Crippen molar-refractivity contribution in [3.63, 3.8) is 0 Å². The topological polar surface area (TPSA) is 62.2 Å². The van der Waals surface area contributed by atoms with Gasteiger partial charge < -0.3 is 19.5 Å². The Bertz CT molecular complexity index is 574. The highest BCUT2D eigenvalue weighted by Gasteiger charge is 2.36. The highest BCUT2D eigenvalue weighted by Crippen LogP contribution is 2.25. The van der Waals surface area contributed by atoms with Crippen molar-refractivity contribution < 1.29 is 19.4 Å². The van der Waals surface area contributed by atoms with Crippen LogP contribution in [0.4, 0.5) is 0 Å². The summed E-state index contributed by atoms with van der Waals surface area (Å²) in [4.78, 5) is 16.7. The third-order valence-corrected chi connectivity index (χ3v) is 5.20. The highest BCUT2D eigenvalue weighted by molar-refractivity contribution is 5.78. The molecular weight excluding hydrogens is 320 g/mol. The molecule has 1 amide bonds. The molecule has 2 aliphatic rings. The number of ether oxygens (including phenoxy) is 2. The highest BCUT2D eigenvalue weighted by atomic mass is 16.5. The number of nitrogens with zero attached hydrogens (tertiary/aromatic N) is 2. The number of rotatable bonds is 6. The first-order valence-corrected chi connectivity index (χ1v) is 9.04. The zero-order valence-corrected chi connectivity index (χ0v) is 14.9. The molecule has 2 atom stereocenters. The van der Waals surface area contributed by atoms with Gasteiger partial charge in [0.15, 0.2) is 6.61 Å². The van der Waals surface area contributed by atoms with Crippen LogP contribution < -0.4 is 4.74 Å². The molecule has 0 spiro atoms. The largest absolute Gasteiger partial charge is 0.484 e. The van der Waals surface area contributed by atoms with Crippen LogP contribution in [0.3, 0.4) is 0 Å². The molecule has 0 radical (unpaired) electrons.